The Kier molecular flexibility index (Phi) is 14.1. The molecule has 1 unspecified atom stereocenters. The van der Waals surface area contributed by atoms with E-state index < -0.39 is 52.7 Å². The van der Waals surface area contributed by atoms with Crippen molar-refractivity contribution in [3.05, 3.63) is 143 Å². The van der Waals surface area contributed by atoms with Crippen molar-refractivity contribution >= 4 is 24.0 Å². The van der Waals surface area contributed by atoms with Crippen LogP contribution in [0.3, 0.4) is 0 Å². The molecule has 16 nitrogen and oxygen atoms in total. The zero-order chi connectivity index (χ0) is 50.1. The smallest absolute Gasteiger partial charge is 0.335 e. The minimum absolute atomic E-state index is 0.0156. The Morgan fingerprint density at radius 2 is 1.46 bits per heavy atom. The molecule has 3 fully saturated rings. The van der Waals surface area contributed by atoms with Crippen molar-refractivity contribution in [1.29, 1.82) is 0 Å². The normalized spacial score (nSPS) is 27.8. The van der Waals surface area contributed by atoms with Crippen molar-refractivity contribution in [2.75, 3.05) is 27.9 Å². The third kappa shape index (κ3) is 9.32. The number of carbonyl (C=O) groups excluding carboxylic acids is 3. The van der Waals surface area contributed by atoms with Gasteiger partial charge < -0.3 is 58.7 Å². The fourth-order valence-corrected chi connectivity index (χ4v) is 10.3. The third-order valence-electron chi connectivity index (χ3n) is 13.5. The van der Waals surface area contributed by atoms with Crippen molar-refractivity contribution in [1.82, 2.24) is 0 Å². The summed E-state index contributed by atoms with van der Waals surface area (Å²) in [7, 11) is 4.23. The predicted molar refractivity (Wildman–Crippen MR) is 248 cm³/mol. The molecule has 69 heavy (non-hydrogen) atoms. The van der Waals surface area contributed by atoms with Crippen molar-refractivity contribution in [3.8, 4) is 34.5 Å². The van der Waals surface area contributed by atoms with Crippen LogP contribution in [0.5, 0.6) is 34.5 Å². The monoisotopic (exact) mass is 948 g/mol. The van der Waals surface area contributed by atoms with Gasteiger partial charge in [0.1, 0.15) is 30.2 Å². The van der Waals surface area contributed by atoms with E-state index in [0.717, 1.165) is 11.1 Å². The average molecular weight is 949 g/mol. The largest absolute Gasteiger partial charge is 0.504 e. The summed E-state index contributed by atoms with van der Waals surface area (Å²) in [5.41, 5.74) is 0.332. The molecule has 4 aromatic rings. The summed E-state index contributed by atoms with van der Waals surface area (Å²) in [6.45, 7) is 9.98. The van der Waals surface area contributed by atoms with E-state index in [2.05, 4.69) is 13.5 Å². The van der Waals surface area contributed by atoms with E-state index in [9.17, 15) is 29.4 Å². The number of hydrogen-bond donors (Lipinski definition) is 5. The van der Waals surface area contributed by atoms with Gasteiger partial charge in [-0.15, -0.1) is 0 Å². The summed E-state index contributed by atoms with van der Waals surface area (Å²) in [6.07, 6.45) is 4.83. The molecule has 1 saturated carbocycles. The molecule has 5 N–H and O–H groups in total. The third-order valence-corrected chi connectivity index (χ3v) is 13.5. The van der Waals surface area contributed by atoms with Crippen LogP contribution in [0.25, 0.3) is 0 Å². The molecule has 0 aromatic heterocycles. The topological polar surface area (TPSA) is 234 Å². The zero-order valence-corrected chi connectivity index (χ0v) is 39.1. The van der Waals surface area contributed by atoms with Gasteiger partial charge in [-0.1, -0.05) is 62.1 Å². The summed E-state index contributed by atoms with van der Waals surface area (Å²) in [6, 6.07) is 22.8. The number of methoxy groups -OCH3 is 3. The van der Waals surface area contributed by atoms with Crippen molar-refractivity contribution < 1.29 is 77.9 Å². The van der Waals surface area contributed by atoms with Crippen molar-refractivity contribution in [3.63, 3.8) is 0 Å². The number of phenols is 3. The number of phenolic OH excluding ortho intramolecular Hbond substituents is 3. The van der Waals surface area contributed by atoms with E-state index >= 15 is 0 Å². The highest BCUT2D eigenvalue weighted by molar-refractivity contribution is 6.05. The number of aromatic hydroxyl groups is 3. The van der Waals surface area contributed by atoms with Gasteiger partial charge in [-0.25, -0.2) is 4.79 Å². The number of ketones is 1. The molecule has 2 aliphatic heterocycles. The van der Waals surface area contributed by atoms with Gasteiger partial charge in [0.25, 0.3) is 5.97 Å². The number of carbonyl (C=O) groups is 4. The number of benzene rings is 4. The van der Waals surface area contributed by atoms with Crippen LogP contribution in [0.1, 0.15) is 65.5 Å². The summed E-state index contributed by atoms with van der Waals surface area (Å²) < 4.78 is 41.3. The molecule has 16 heteroatoms. The van der Waals surface area contributed by atoms with E-state index in [1.165, 1.54) is 63.8 Å². The minimum atomic E-state index is -1.80. The average Bonchev–Trinajstić information content (AvgIpc) is 3.64. The lowest BCUT2D eigenvalue weighted by Crippen LogP contribution is -2.70. The Labute approximate surface area is 399 Å². The molecule has 9 rings (SSSR count). The number of aldehydes is 1. The Morgan fingerprint density at radius 1 is 0.841 bits per heavy atom. The number of ether oxygens (including phenoxy) is 7. The quantitative estimate of drug-likeness (QED) is 0.0543. The maximum Gasteiger partial charge on any atom is 0.335 e. The number of carboxylic acids is 1. The van der Waals surface area contributed by atoms with E-state index in [0.29, 0.717) is 47.2 Å². The predicted octanol–water partition coefficient (Wildman–Crippen LogP) is 7.06. The summed E-state index contributed by atoms with van der Waals surface area (Å²) in [5, 5.41) is 49.1. The molecule has 2 saturated heterocycles. The molecule has 2 heterocycles. The number of esters is 1. The van der Waals surface area contributed by atoms with Crippen molar-refractivity contribution in [2.24, 2.45) is 17.8 Å². The van der Waals surface area contributed by atoms with Gasteiger partial charge in [0, 0.05) is 23.8 Å². The second-order valence-corrected chi connectivity index (χ2v) is 17.9. The Hall–Kier alpha value is -6.98. The molecule has 364 valence electrons. The summed E-state index contributed by atoms with van der Waals surface area (Å²) in [5.74, 6) is -3.97. The molecule has 5 aliphatic rings. The van der Waals surface area contributed by atoms with Gasteiger partial charge in [0.05, 0.1) is 45.3 Å². The van der Waals surface area contributed by atoms with Gasteiger partial charge in [-0.05, 0) is 103 Å². The molecule has 0 radical (unpaired) electrons. The first-order chi connectivity index (χ1) is 32.8. The Balaban J connectivity index is 0.000000249. The first-order valence-electron chi connectivity index (χ1n) is 22.2. The Bertz CT molecular complexity index is 2710. The van der Waals surface area contributed by atoms with Crippen LogP contribution in [0, 0.1) is 17.8 Å². The fourth-order valence-electron chi connectivity index (χ4n) is 10.3. The molecule has 0 amide bonds. The SMILES string of the molecule is C=C(C)[C@]12C[C@@H](C)[C@@]34OC(Cc5ccccc5)(O[C@@H]1[C@@H]3C=C(COC(=O)Cc1ccc(O)c(OC)c1)C[C@]1(O)C(=O)C(C)=C[C@@H]41)O2.COc1cc(C(=O)O)ccc1O.COc1cc(C=O)ccc1O. The van der Waals surface area contributed by atoms with Crippen LogP contribution in [0.15, 0.2) is 120 Å². The van der Waals surface area contributed by atoms with E-state index in [-0.39, 0.29) is 65.5 Å². The number of rotatable bonds is 12. The lowest BCUT2D eigenvalue weighted by Gasteiger charge is -2.59. The van der Waals surface area contributed by atoms with Gasteiger partial charge in [0.15, 0.2) is 40.3 Å². The maximum atomic E-state index is 13.8. The second kappa shape index (κ2) is 19.6. The maximum absolute atomic E-state index is 13.8. The van der Waals surface area contributed by atoms with Gasteiger partial charge >= 0.3 is 11.9 Å². The first-order valence-corrected chi connectivity index (χ1v) is 22.2. The standard InChI is InChI=1S/C37H40O9.C8H8O4.C8H8O3/c1-21(2)35-17-23(4)37-27(33(35)44-36(45-35,46-37)19-24-9-7-6-8-10-24)14-26(18-34(41)30(37)13-22(3)32(34)40)20-43-31(39)16-25-11-12-28(38)29(15-25)42-5;1-12-7-4-5(8(10)11)2-3-6(7)9;1-11-8-4-6(5-9)2-3-7(8)10/h6-15,23,27,30,33,38,41H,1,16-20H2,2-5H3;2-4,9H,1H3,(H,10,11);2-5,10H,1H3/t23-,27+,30-,33-,34-,35-,36?,37-;;/m1../s1. The zero-order valence-electron chi connectivity index (χ0n) is 39.1. The van der Waals surface area contributed by atoms with Gasteiger partial charge in [-0.3, -0.25) is 14.4 Å². The van der Waals surface area contributed by atoms with Gasteiger partial charge in [-0.2, -0.15) is 0 Å². The van der Waals surface area contributed by atoms with E-state index in [1.54, 1.807) is 19.1 Å². The fraction of sp³-hybridized carbons (Fsp3) is 0.358. The Morgan fingerprint density at radius 3 is 2.09 bits per heavy atom. The lowest BCUT2D eigenvalue weighted by atomic mass is 9.55. The van der Waals surface area contributed by atoms with E-state index in [4.69, 9.17) is 48.5 Å². The number of hydrogen-bond acceptors (Lipinski definition) is 15. The van der Waals surface area contributed by atoms with Crippen LogP contribution < -0.4 is 14.2 Å². The number of carboxylic acid groups (broad SMARTS) is 1. The second-order valence-electron chi connectivity index (χ2n) is 17.9. The molecule has 0 spiro atoms. The van der Waals surface area contributed by atoms with E-state index in [1.807, 2.05) is 49.4 Å². The van der Waals surface area contributed by atoms with Gasteiger partial charge in [0.2, 0.25) is 0 Å². The number of fused-ring (bicyclic) bond motifs is 2. The summed E-state index contributed by atoms with van der Waals surface area (Å²) >= 11 is 0. The molecule has 8 atom stereocenters. The van der Waals surface area contributed by atoms with Crippen LogP contribution in [0.4, 0.5) is 0 Å². The highest BCUT2D eigenvalue weighted by Crippen LogP contribution is 2.68. The van der Waals surface area contributed by atoms with Crippen LogP contribution >= 0.6 is 0 Å². The van der Waals surface area contributed by atoms with Crippen LogP contribution in [-0.4, -0.2) is 106 Å². The highest BCUT2D eigenvalue weighted by atomic mass is 16.9. The van der Waals surface area contributed by atoms with Crippen molar-refractivity contribution in [2.45, 2.75) is 75.3 Å². The van der Waals surface area contributed by atoms with Crippen LogP contribution in [-0.2, 0) is 41.4 Å². The molecule has 4 aromatic carbocycles. The van der Waals surface area contributed by atoms with Crippen LogP contribution in [0.2, 0.25) is 0 Å². The lowest BCUT2D eigenvalue weighted by molar-refractivity contribution is -0.421. The number of Topliss-reactive ketones (excluding diaryl/α,β-unsaturated/α-hetero) is 1. The molecular formula is C53H56O16. The highest BCUT2D eigenvalue weighted by Gasteiger charge is 2.79. The summed E-state index contributed by atoms with van der Waals surface area (Å²) in [4.78, 5) is 47.5. The number of aliphatic hydroxyl groups is 1. The molecular weight excluding hydrogens is 893 g/mol. The number of aromatic carboxylic acids is 1. The minimum Gasteiger partial charge on any atom is -0.504 e. The molecule has 3 bridgehead atoms. The molecule has 3 aliphatic carbocycles. The first kappa shape index (κ1) is 49.9.